The molecular weight excluding hydrogens is 459 g/mol. The minimum atomic E-state index is -4.99. The number of rotatable bonds is 4. The van der Waals surface area contributed by atoms with E-state index in [2.05, 4.69) is 0 Å². The van der Waals surface area contributed by atoms with Crippen molar-refractivity contribution in [2.75, 3.05) is 13.1 Å². The molecule has 1 fully saturated rings. The van der Waals surface area contributed by atoms with Gasteiger partial charge in [-0.15, -0.1) is 0 Å². The first-order chi connectivity index (χ1) is 16.8. The van der Waals surface area contributed by atoms with Gasteiger partial charge in [-0.05, 0) is 54.7 Å². The van der Waals surface area contributed by atoms with Crippen molar-refractivity contribution in [2.45, 2.75) is 38.4 Å². The van der Waals surface area contributed by atoms with Crippen molar-refractivity contribution in [1.29, 1.82) is 0 Å². The van der Waals surface area contributed by atoms with E-state index in [9.17, 15) is 23.1 Å². The fraction of sp³-hybridized carbons (Fsp3) is 0.296. The summed E-state index contributed by atoms with van der Waals surface area (Å²) in [5.41, 5.74) is -1.17. The van der Waals surface area contributed by atoms with Gasteiger partial charge in [0.15, 0.2) is 0 Å². The summed E-state index contributed by atoms with van der Waals surface area (Å²) < 4.78 is 53.0. The van der Waals surface area contributed by atoms with Gasteiger partial charge in [0.2, 0.25) is 11.2 Å². The van der Waals surface area contributed by atoms with E-state index in [-0.39, 0.29) is 28.8 Å². The highest BCUT2D eigenvalue weighted by molar-refractivity contribution is 5.85. The first-order valence-electron chi connectivity index (χ1n) is 11.7. The van der Waals surface area contributed by atoms with Gasteiger partial charge in [0, 0.05) is 5.56 Å². The molecule has 4 aromatic rings. The predicted molar refractivity (Wildman–Crippen MR) is 124 cm³/mol. The normalized spacial score (nSPS) is 15.4. The Morgan fingerprint density at radius 1 is 0.943 bits per heavy atom. The summed E-state index contributed by atoms with van der Waals surface area (Å²) >= 11 is 0. The van der Waals surface area contributed by atoms with Gasteiger partial charge in [-0.1, -0.05) is 42.1 Å². The van der Waals surface area contributed by atoms with Crippen LogP contribution in [0.3, 0.4) is 0 Å². The number of hydrogen-bond acceptors (Lipinski definition) is 4. The number of nitrogens with one attached hydrogen (secondary N) is 1. The summed E-state index contributed by atoms with van der Waals surface area (Å²) in [6.45, 7) is 1.84. The number of quaternary nitrogens is 1. The zero-order chi connectivity index (χ0) is 24.6. The first-order valence-corrected chi connectivity index (χ1v) is 11.7. The maximum absolute atomic E-state index is 14.1. The SMILES string of the molecule is O=c1c(Oc2ccc3ccccc3c2)c(C(F)(F)F)oc2c(C[NH+]3CCCCCC3)c([O-])ccc12. The molecule has 1 aromatic heterocycles. The van der Waals surface area contributed by atoms with E-state index in [0.29, 0.717) is 0 Å². The fourth-order valence-corrected chi connectivity index (χ4v) is 4.73. The minimum Gasteiger partial charge on any atom is -0.872 e. The minimum absolute atomic E-state index is 0.0792. The molecule has 0 atom stereocenters. The second kappa shape index (κ2) is 9.26. The Morgan fingerprint density at radius 3 is 2.37 bits per heavy atom. The highest BCUT2D eigenvalue weighted by Gasteiger charge is 2.41. The average Bonchev–Trinajstić information content (AvgIpc) is 3.10. The molecule has 182 valence electrons. The van der Waals surface area contributed by atoms with Crippen LogP contribution in [-0.4, -0.2) is 13.1 Å². The molecule has 5 rings (SSSR count). The number of likely N-dealkylation sites (tertiary alicyclic amines) is 1. The molecule has 0 saturated carbocycles. The molecule has 0 bridgehead atoms. The maximum atomic E-state index is 14.1. The molecule has 0 aliphatic carbocycles. The van der Waals surface area contributed by atoms with Gasteiger partial charge in [0.1, 0.15) is 17.9 Å². The zero-order valence-corrected chi connectivity index (χ0v) is 18.9. The predicted octanol–water partition coefficient (Wildman–Crippen LogP) is 4.79. The van der Waals surface area contributed by atoms with Crippen LogP contribution in [0.1, 0.15) is 37.0 Å². The summed E-state index contributed by atoms with van der Waals surface area (Å²) in [5, 5.41) is 14.2. The first kappa shape index (κ1) is 23.2. The van der Waals surface area contributed by atoms with Crippen molar-refractivity contribution < 1.29 is 32.3 Å². The second-order valence-electron chi connectivity index (χ2n) is 8.96. The van der Waals surface area contributed by atoms with E-state index in [1.165, 1.54) is 18.2 Å². The van der Waals surface area contributed by atoms with E-state index in [1.807, 2.05) is 12.1 Å². The topological polar surface area (TPSA) is 66.9 Å². The molecule has 0 radical (unpaired) electrons. The van der Waals surface area contributed by atoms with Crippen LogP contribution in [0.2, 0.25) is 0 Å². The van der Waals surface area contributed by atoms with Gasteiger partial charge in [-0.2, -0.15) is 13.2 Å². The Balaban J connectivity index is 1.63. The van der Waals surface area contributed by atoms with E-state index in [4.69, 9.17) is 9.15 Å². The molecule has 8 heteroatoms. The maximum Gasteiger partial charge on any atom is 0.453 e. The van der Waals surface area contributed by atoms with Crippen LogP contribution >= 0.6 is 0 Å². The Bertz CT molecular complexity index is 1440. The van der Waals surface area contributed by atoms with Crippen molar-refractivity contribution >= 4 is 21.7 Å². The van der Waals surface area contributed by atoms with Gasteiger partial charge in [0.25, 0.3) is 5.76 Å². The van der Waals surface area contributed by atoms with E-state index in [1.54, 1.807) is 24.3 Å². The molecule has 35 heavy (non-hydrogen) atoms. The van der Waals surface area contributed by atoms with Crippen molar-refractivity contribution in [3.8, 4) is 17.2 Å². The lowest BCUT2D eigenvalue weighted by atomic mass is 10.1. The Labute approximate surface area is 199 Å². The van der Waals surface area contributed by atoms with Crippen LogP contribution in [0.15, 0.2) is 63.8 Å². The van der Waals surface area contributed by atoms with E-state index in [0.717, 1.165) is 54.4 Å². The molecular formula is C27H24F3NO4. The Hall–Kier alpha value is -3.52. The molecule has 0 unspecified atom stereocenters. The van der Waals surface area contributed by atoms with Gasteiger partial charge in [-0.3, -0.25) is 4.79 Å². The standard InChI is InChI=1S/C27H24F3NO4/c28-27(29,30)26-25(34-19-10-9-17-7-3-4-8-18(17)15-19)23(33)20-11-12-22(32)21(24(20)35-26)16-31-13-5-1-2-6-14-31/h3-4,7-12,15,32H,1-2,5-6,13-14,16H2. The van der Waals surface area contributed by atoms with Gasteiger partial charge < -0.3 is 19.2 Å². The van der Waals surface area contributed by atoms with Crippen LogP contribution in [0, 0.1) is 0 Å². The van der Waals surface area contributed by atoms with Crippen molar-refractivity contribution in [3.05, 3.63) is 76.1 Å². The quantitative estimate of drug-likeness (QED) is 0.453. The van der Waals surface area contributed by atoms with E-state index < -0.39 is 28.9 Å². The summed E-state index contributed by atoms with van der Waals surface area (Å²) in [6.07, 6.45) is -0.852. The lowest BCUT2D eigenvalue weighted by Gasteiger charge is -2.22. The third-order valence-corrected chi connectivity index (χ3v) is 6.51. The number of benzene rings is 3. The number of hydrogen-bond donors (Lipinski definition) is 1. The fourth-order valence-electron chi connectivity index (χ4n) is 4.73. The summed E-state index contributed by atoms with van der Waals surface area (Å²) in [7, 11) is 0. The molecule has 5 nitrogen and oxygen atoms in total. The molecule has 1 saturated heterocycles. The van der Waals surface area contributed by atoms with Gasteiger partial charge in [-0.25, -0.2) is 0 Å². The monoisotopic (exact) mass is 483 g/mol. The molecule has 0 spiro atoms. The third kappa shape index (κ3) is 4.71. The Kier molecular flexibility index (Phi) is 6.15. The Morgan fingerprint density at radius 2 is 1.66 bits per heavy atom. The van der Waals surface area contributed by atoms with Gasteiger partial charge in [0.05, 0.1) is 18.5 Å². The molecule has 1 aliphatic rings. The third-order valence-electron chi connectivity index (χ3n) is 6.51. The highest BCUT2D eigenvalue weighted by atomic mass is 19.4. The highest BCUT2D eigenvalue weighted by Crippen LogP contribution is 2.39. The van der Waals surface area contributed by atoms with Crippen LogP contribution < -0.4 is 20.2 Å². The van der Waals surface area contributed by atoms with Crippen LogP contribution in [-0.2, 0) is 12.7 Å². The summed E-state index contributed by atoms with van der Waals surface area (Å²) in [6, 6.07) is 14.5. The lowest BCUT2D eigenvalue weighted by Crippen LogP contribution is -3.10. The number of ether oxygens (including phenoxy) is 1. The zero-order valence-electron chi connectivity index (χ0n) is 18.9. The smallest absolute Gasteiger partial charge is 0.453 e. The van der Waals surface area contributed by atoms with Crippen LogP contribution in [0.4, 0.5) is 13.2 Å². The number of alkyl halides is 3. The van der Waals surface area contributed by atoms with Crippen molar-refractivity contribution in [3.63, 3.8) is 0 Å². The van der Waals surface area contributed by atoms with Gasteiger partial charge >= 0.3 is 6.18 Å². The molecule has 1 N–H and O–H groups in total. The van der Waals surface area contributed by atoms with Crippen LogP contribution in [0.25, 0.3) is 21.7 Å². The summed E-state index contributed by atoms with van der Waals surface area (Å²) in [5.74, 6) is -2.84. The molecule has 1 aliphatic heterocycles. The van der Waals surface area contributed by atoms with E-state index >= 15 is 0 Å². The van der Waals surface area contributed by atoms with Crippen molar-refractivity contribution in [2.24, 2.45) is 0 Å². The number of fused-ring (bicyclic) bond motifs is 2. The average molecular weight is 483 g/mol. The molecule has 0 amide bonds. The second-order valence-corrected chi connectivity index (χ2v) is 8.96. The number of halogens is 3. The van der Waals surface area contributed by atoms with Crippen molar-refractivity contribution in [1.82, 2.24) is 0 Å². The molecule has 2 heterocycles. The molecule has 3 aromatic carbocycles. The van der Waals surface area contributed by atoms with Crippen LogP contribution in [0.5, 0.6) is 17.2 Å². The summed E-state index contributed by atoms with van der Waals surface area (Å²) in [4.78, 5) is 14.4. The lowest BCUT2D eigenvalue weighted by molar-refractivity contribution is -0.913. The largest absolute Gasteiger partial charge is 0.872 e.